The van der Waals surface area contributed by atoms with Crippen molar-refractivity contribution in [3.8, 4) is 0 Å². The van der Waals surface area contributed by atoms with Gasteiger partial charge in [-0.3, -0.25) is 0 Å². The molecule has 3 aliphatic carbocycles. The molecule has 0 aliphatic heterocycles. The molecule has 0 radical (unpaired) electrons. The van der Waals surface area contributed by atoms with Gasteiger partial charge in [-0.05, 0) is 0 Å². The monoisotopic (exact) mass is 548 g/mol. The van der Waals surface area contributed by atoms with Gasteiger partial charge < -0.3 is 37.2 Å². The maximum atomic E-state index is 2.57. The minimum atomic E-state index is 0. The number of benzene rings is 2. The molecule has 0 N–H and O–H groups in total. The second kappa shape index (κ2) is 12.2. The maximum absolute atomic E-state index is 2.57. The molecule has 2 fully saturated rings. The molecule has 2 saturated carbocycles. The SMILES string of the molecule is Cc1cc(C)cc(C(c2cc(C)cc(C)c2)C2C3C=CC=CC3C3CCC[CH]([Ti+3])C32)c1.[Cl-].[Cl-].[Cl-]. The van der Waals surface area contributed by atoms with Gasteiger partial charge >= 0.3 is 201 Å². The minimum Gasteiger partial charge on any atom is -1.00 e. The first kappa shape index (κ1) is 29.7. The summed E-state index contributed by atoms with van der Waals surface area (Å²) in [4.78, 5) is 0. The number of allylic oxidation sites excluding steroid dienone is 4. The van der Waals surface area contributed by atoms with Crippen molar-refractivity contribution in [2.24, 2.45) is 29.6 Å². The van der Waals surface area contributed by atoms with E-state index in [0.29, 0.717) is 17.8 Å². The Morgan fingerprint density at radius 3 is 1.65 bits per heavy atom. The minimum absolute atomic E-state index is 0. The molecule has 4 heteroatoms. The standard InChI is InChI=1S/C30H35.3ClH.Ti/c1-19-13-20(2)16-23(15-19)29(24-17-21(3)14-22(4)18-24)30-27-11-7-5-9-25(27)26-10-6-8-12-28(26)30;;;;/h5,7,9,11-18,25-30H,6,8,10H2,1-4H3;3*1H;/q;;;;+3/p-3. The number of halogens is 3. The van der Waals surface area contributed by atoms with Crippen LogP contribution in [0, 0.1) is 57.3 Å². The summed E-state index contributed by atoms with van der Waals surface area (Å²) >= 11 is 2.55. The van der Waals surface area contributed by atoms with Crippen LogP contribution in [0.4, 0.5) is 0 Å². The second-order valence-electron chi connectivity index (χ2n) is 10.6. The van der Waals surface area contributed by atoms with Gasteiger partial charge in [-0.2, -0.15) is 0 Å². The van der Waals surface area contributed by atoms with Crippen LogP contribution in [-0.4, -0.2) is 0 Å². The van der Waals surface area contributed by atoms with Crippen LogP contribution in [0.1, 0.15) is 58.6 Å². The third-order valence-corrected chi connectivity index (χ3v) is 9.26. The van der Waals surface area contributed by atoms with Crippen LogP contribution in [0.3, 0.4) is 0 Å². The van der Waals surface area contributed by atoms with Crippen molar-refractivity contribution in [3.05, 3.63) is 94.1 Å². The van der Waals surface area contributed by atoms with Crippen molar-refractivity contribution in [2.75, 3.05) is 0 Å². The molecule has 2 aromatic rings. The molecule has 34 heavy (non-hydrogen) atoms. The van der Waals surface area contributed by atoms with Crippen molar-refractivity contribution in [2.45, 2.75) is 57.1 Å². The predicted octanol–water partition coefficient (Wildman–Crippen LogP) is -1.20. The molecule has 6 unspecified atom stereocenters. The van der Waals surface area contributed by atoms with E-state index in [9.17, 15) is 0 Å². The van der Waals surface area contributed by atoms with Crippen LogP contribution >= 0.6 is 0 Å². The van der Waals surface area contributed by atoms with Crippen LogP contribution in [0.25, 0.3) is 0 Å². The molecular weight excluding hydrogens is 515 g/mol. The van der Waals surface area contributed by atoms with E-state index in [4.69, 9.17) is 0 Å². The second-order valence-corrected chi connectivity index (χ2v) is 11.8. The first-order chi connectivity index (χ1) is 14.9. The van der Waals surface area contributed by atoms with Crippen molar-refractivity contribution in [3.63, 3.8) is 0 Å². The number of hydrogen-bond donors (Lipinski definition) is 0. The van der Waals surface area contributed by atoms with Crippen LogP contribution in [0.15, 0.2) is 60.7 Å². The smallest absolute Gasteiger partial charge is 1.00 e. The Morgan fingerprint density at radius 1 is 0.676 bits per heavy atom. The quantitative estimate of drug-likeness (QED) is 0.423. The molecule has 2 aromatic carbocycles. The molecule has 180 valence electrons. The fourth-order valence-electron chi connectivity index (χ4n) is 7.43. The van der Waals surface area contributed by atoms with E-state index in [2.05, 4.69) is 109 Å². The Balaban J connectivity index is 0.00000136. The van der Waals surface area contributed by atoms with Crippen molar-refractivity contribution >= 4 is 0 Å². The van der Waals surface area contributed by atoms with Gasteiger partial charge in [0.15, 0.2) is 0 Å². The summed E-state index contributed by atoms with van der Waals surface area (Å²) < 4.78 is 0.815. The summed E-state index contributed by atoms with van der Waals surface area (Å²) in [6.45, 7) is 9.06. The summed E-state index contributed by atoms with van der Waals surface area (Å²) in [5.74, 6) is 4.18. The number of fused-ring (bicyclic) bond motifs is 3. The van der Waals surface area contributed by atoms with Crippen LogP contribution in [-0.2, 0) is 20.4 Å². The molecule has 5 rings (SSSR count). The summed E-state index contributed by atoms with van der Waals surface area (Å²) in [7, 11) is 0. The van der Waals surface area contributed by atoms with E-state index in [1.54, 1.807) is 0 Å². The van der Waals surface area contributed by atoms with Crippen molar-refractivity contribution in [1.29, 1.82) is 0 Å². The largest absolute Gasteiger partial charge is 1.00 e. The zero-order valence-corrected chi connectivity index (χ0v) is 24.4. The third-order valence-electron chi connectivity index (χ3n) is 8.21. The molecule has 3 aliphatic rings. The van der Waals surface area contributed by atoms with Gasteiger partial charge in [0, 0.05) is 0 Å². The summed E-state index contributed by atoms with van der Waals surface area (Å²) in [5, 5.41) is 0. The third kappa shape index (κ3) is 5.58. The average Bonchev–Trinajstić information content (AvgIpc) is 3.03. The number of rotatable bonds is 3. The fourth-order valence-corrected chi connectivity index (χ4v) is 8.48. The van der Waals surface area contributed by atoms with Crippen molar-refractivity contribution < 1.29 is 57.7 Å². The Morgan fingerprint density at radius 2 is 1.15 bits per heavy atom. The predicted molar refractivity (Wildman–Crippen MR) is 127 cm³/mol. The molecule has 0 saturated heterocycles. The first-order valence-corrected chi connectivity index (χ1v) is 13.0. The summed E-state index contributed by atoms with van der Waals surface area (Å²) in [6.07, 6.45) is 14.0. The van der Waals surface area contributed by atoms with E-state index in [1.807, 2.05) is 0 Å². The van der Waals surface area contributed by atoms with Crippen LogP contribution in [0.2, 0.25) is 4.22 Å². The van der Waals surface area contributed by atoms with Gasteiger partial charge in [0.25, 0.3) is 0 Å². The van der Waals surface area contributed by atoms with Gasteiger partial charge in [-0.25, -0.2) is 0 Å². The van der Waals surface area contributed by atoms with Crippen LogP contribution in [0.5, 0.6) is 0 Å². The van der Waals surface area contributed by atoms with E-state index < -0.39 is 0 Å². The zero-order valence-electron chi connectivity index (χ0n) is 20.6. The Kier molecular flexibility index (Phi) is 10.6. The van der Waals surface area contributed by atoms with Gasteiger partial charge in [0.1, 0.15) is 0 Å². The first-order valence-electron chi connectivity index (χ1n) is 12.1. The average molecular weight is 550 g/mol. The fraction of sp³-hybridized carbons (Fsp3) is 0.467. The van der Waals surface area contributed by atoms with Gasteiger partial charge in [0.05, 0.1) is 0 Å². The van der Waals surface area contributed by atoms with Gasteiger partial charge in [0.2, 0.25) is 0 Å². The van der Waals surface area contributed by atoms with E-state index in [1.165, 1.54) is 52.6 Å². The Bertz CT molecular complexity index is 951. The number of hydrogen-bond acceptors (Lipinski definition) is 0. The molecule has 0 bridgehead atoms. The van der Waals surface area contributed by atoms with Crippen molar-refractivity contribution in [1.82, 2.24) is 0 Å². The van der Waals surface area contributed by atoms with E-state index >= 15 is 0 Å². The summed E-state index contributed by atoms with van der Waals surface area (Å²) in [5.41, 5.74) is 8.65. The molecule has 6 atom stereocenters. The normalized spacial score (nSPS) is 28.9. The zero-order chi connectivity index (χ0) is 21.7. The summed E-state index contributed by atoms with van der Waals surface area (Å²) in [6, 6.07) is 14.6. The molecule has 0 amide bonds. The Labute approximate surface area is 237 Å². The molecule has 0 nitrogen and oxygen atoms in total. The molecular formula is C30H35Cl3Ti. The topological polar surface area (TPSA) is 0 Å². The number of aryl methyl sites for hydroxylation is 4. The Hall–Kier alpha value is -0.496. The van der Waals surface area contributed by atoms with Gasteiger partial charge in [-0.1, -0.05) is 0 Å². The van der Waals surface area contributed by atoms with Gasteiger partial charge in [-0.15, -0.1) is 0 Å². The maximum Gasteiger partial charge on any atom is -1.00 e. The van der Waals surface area contributed by atoms with E-state index in [-0.39, 0.29) is 37.2 Å². The molecule has 0 heterocycles. The molecule has 0 spiro atoms. The molecule has 0 aromatic heterocycles. The van der Waals surface area contributed by atoms with E-state index in [0.717, 1.165) is 22.0 Å². The van der Waals surface area contributed by atoms with Crippen LogP contribution < -0.4 is 37.2 Å².